The van der Waals surface area contributed by atoms with E-state index in [1.54, 1.807) is 31.4 Å². The van der Waals surface area contributed by atoms with Crippen molar-refractivity contribution in [2.45, 2.75) is 25.0 Å². The van der Waals surface area contributed by atoms with Gasteiger partial charge in [0.1, 0.15) is 0 Å². The molecule has 6 nitrogen and oxygen atoms in total. The first-order valence-electron chi connectivity index (χ1n) is 6.80. The van der Waals surface area contributed by atoms with Gasteiger partial charge in [-0.15, -0.1) is 10.2 Å². The van der Waals surface area contributed by atoms with Crippen LogP contribution in [0.1, 0.15) is 13.3 Å². The number of carbonyl (C=O) groups excluding carboxylic acids is 1. The Morgan fingerprint density at radius 2 is 2.00 bits per heavy atom. The van der Waals surface area contributed by atoms with Gasteiger partial charge in [0.2, 0.25) is 5.91 Å². The van der Waals surface area contributed by atoms with Gasteiger partial charge in [0.05, 0.1) is 5.75 Å². The molecule has 0 unspecified atom stereocenters. The molecule has 0 aliphatic carbocycles. The van der Waals surface area contributed by atoms with Crippen molar-refractivity contribution < 1.29 is 4.79 Å². The van der Waals surface area contributed by atoms with Crippen LogP contribution in [0.15, 0.2) is 29.7 Å². The SMILES string of the molecule is CCCn1c(SCC(=O)N(C)C)nnc1-c1ccncc1. The number of rotatable bonds is 6. The van der Waals surface area contributed by atoms with E-state index in [-0.39, 0.29) is 5.91 Å². The van der Waals surface area contributed by atoms with Crippen LogP contribution >= 0.6 is 11.8 Å². The van der Waals surface area contributed by atoms with Crippen LogP contribution in [0.2, 0.25) is 0 Å². The number of thioether (sulfide) groups is 1. The van der Waals surface area contributed by atoms with Gasteiger partial charge in [-0.05, 0) is 18.6 Å². The molecule has 2 heterocycles. The highest BCUT2D eigenvalue weighted by Crippen LogP contribution is 2.24. The summed E-state index contributed by atoms with van der Waals surface area (Å²) in [6.07, 6.45) is 4.46. The second-order valence-electron chi connectivity index (χ2n) is 4.77. The van der Waals surface area contributed by atoms with E-state index in [2.05, 4.69) is 26.7 Å². The molecule has 21 heavy (non-hydrogen) atoms. The van der Waals surface area contributed by atoms with Gasteiger partial charge < -0.3 is 9.47 Å². The van der Waals surface area contributed by atoms with E-state index in [9.17, 15) is 4.79 Å². The predicted octanol–water partition coefficient (Wildman–Crippen LogP) is 1.93. The largest absolute Gasteiger partial charge is 0.348 e. The van der Waals surface area contributed by atoms with Crippen LogP contribution in [0.25, 0.3) is 11.4 Å². The molecule has 0 aromatic carbocycles. The molecule has 0 radical (unpaired) electrons. The summed E-state index contributed by atoms with van der Waals surface area (Å²) in [5.74, 6) is 1.25. The fourth-order valence-corrected chi connectivity index (χ4v) is 2.73. The van der Waals surface area contributed by atoms with Crippen molar-refractivity contribution in [3.8, 4) is 11.4 Å². The zero-order valence-corrected chi connectivity index (χ0v) is 13.3. The minimum absolute atomic E-state index is 0.0662. The highest BCUT2D eigenvalue weighted by molar-refractivity contribution is 7.99. The van der Waals surface area contributed by atoms with Gasteiger partial charge in [0.15, 0.2) is 11.0 Å². The Kier molecular flexibility index (Phi) is 5.32. The van der Waals surface area contributed by atoms with Crippen LogP contribution in [0.4, 0.5) is 0 Å². The smallest absolute Gasteiger partial charge is 0.232 e. The molecule has 0 saturated carbocycles. The Labute approximate surface area is 128 Å². The standard InChI is InChI=1S/C14H19N5OS/c1-4-9-19-13(11-5-7-15-8-6-11)16-17-14(19)21-10-12(20)18(2)3/h5-8H,4,9-10H2,1-3H3. The zero-order valence-electron chi connectivity index (χ0n) is 12.5. The number of nitrogens with zero attached hydrogens (tertiary/aromatic N) is 5. The highest BCUT2D eigenvalue weighted by Gasteiger charge is 2.15. The highest BCUT2D eigenvalue weighted by atomic mass is 32.2. The summed E-state index contributed by atoms with van der Waals surface area (Å²) in [4.78, 5) is 17.3. The maximum absolute atomic E-state index is 11.7. The van der Waals surface area contributed by atoms with Gasteiger partial charge in [-0.3, -0.25) is 9.78 Å². The Balaban J connectivity index is 2.23. The number of hydrogen-bond acceptors (Lipinski definition) is 5. The molecule has 2 aromatic rings. The van der Waals surface area contributed by atoms with Crippen molar-refractivity contribution in [3.63, 3.8) is 0 Å². The van der Waals surface area contributed by atoms with Crippen LogP contribution < -0.4 is 0 Å². The van der Waals surface area contributed by atoms with E-state index >= 15 is 0 Å². The average Bonchev–Trinajstić information content (AvgIpc) is 2.89. The summed E-state index contributed by atoms with van der Waals surface area (Å²) < 4.78 is 2.06. The minimum atomic E-state index is 0.0662. The van der Waals surface area contributed by atoms with Gasteiger partial charge >= 0.3 is 0 Å². The molecule has 112 valence electrons. The third kappa shape index (κ3) is 3.81. The summed E-state index contributed by atoms with van der Waals surface area (Å²) in [5.41, 5.74) is 0.983. The lowest BCUT2D eigenvalue weighted by atomic mass is 10.2. The number of pyridine rings is 1. The van der Waals surface area contributed by atoms with E-state index < -0.39 is 0 Å². The predicted molar refractivity (Wildman–Crippen MR) is 83.0 cm³/mol. The van der Waals surface area contributed by atoms with Crippen LogP contribution in [0, 0.1) is 0 Å². The number of amides is 1. The lowest BCUT2D eigenvalue weighted by Gasteiger charge is -2.11. The van der Waals surface area contributed by atoms with Crippen LogP contribution in [-0.2, 0) is 11.3 Å². The fourth-order valence-electron chi connectivity index (χ4n) is 1.79. The monoisotopic (exact) mass is 305 g/mol. The topological polar surface area (TPSA) is 63.9 Å². The van der Waals surface area contributed by atoms with Gasteiger partial charge in [-0.25, -0.2) is 0 Å². The van der Waals surface area contributed by atoms with Crippen molar-refractivity contribution in [2.75, 3.05) is 19.8 Å². The summed E-state index contributed by atoms with van der Waals surface area (Å²) in [7, 11) is 3.50. The van der Waals surface area contributed by atoms with Gasteiger partial charge in [0.25, 0.3) is 0 Å². The minimum Gasteiger partial charge on any atom is -0.348 e. The lowest BCUT2D eigenvalue weighted by molar-refractivity contribution is -0.125. The van der Waals surface area contributed by atoms with Crippen molar-refractivity contribution in [3.05, 3.63) is 24.5 Å². The van der Waals surface area contributed by atoms with Crippen molar-refractivity contribution >= 4 is 17.7 Å². The molecular weight excluding hydrogens is 286 g/mol. The Morgan fingerprint density at radius 1 is 1.29 bits per heavy atom. The maximum atomic E-state index is 11.7. The fraction of sp³-hybridized carbons (Fsp3) is 0.429. The first kappa shape index (κ1) is 15.5. The normalized spacial score (nSPS) is 10.6. The first-order chi connectivity index (χ1) is 10.1. The van der Waals surface area contributed by atoms with E-state index in [1.165, 1.54) is 11.8 Å². The molecule has 0 aliphatic heterocycles. The molecule has 2 aromatic heterocycles. The van der Waals surface area contributed by atoms with Gasteiger partial charge in [-0.2, -0.15) is 0 Å². The zero-order chi connectivity index (χ0) is 15.2. The molecule has 0 fully saturated rings. The molecule has 0 spiro atoms. The van der Waals surface area contributed by atoms with E-state index in [0.29, 0.717) is 5.75 Å². The van der Waals surface area contributed by atoms with Gasteiger partial charge in [0, 0.05) is 38.6 Å². The second kappa shape index (κ2) is 7.21. The van der Waals surface area contributed by atoms with Crippen LogP contribution in [-0.4, -0.2) is 50.4 Å². The van der Waals surface area contributed by atoms with Crippen LogP contribution in [0.3, 0.4) is 0 Å². The molecular formula is C14H19N5OS. The molecule has 0 N–H and O–H groups in total. The lowest BCUT2D eigenvalue weighted by Crippen LogP contribution is -2.23. The quantitative estimate of drug-likeness (QED) is 0.763. The Bertz CT molecular complexity index is 597. The first-order valence-corrected chi connectivity index (χ1v) is 7.78. The third-order valence-electron chi connectivity index (χ3n) is 2.93. The third-order valence-corrected chi connectivity index (χ3v) is 3.88. The molecule has 2 rings (SSSR count). The van der Waals surface area contributed by atoms with E-state index in [0.717, 1.165) is 29.5 Å². The molecule has 1 amide bonds. The molecule has 7 heteroatoms. The number of aromatic nitrogens is 4. The average molecular weight is 305 g/mol. The van der Waals surface area contributed by atoms with E-state index in [1.807, 2.05) is 12.1 Å². The molecule has 0 aliphatic rings. The van der Waals surface area contributed by atoms with Crippen molar-refractivity contribution in [2.24, 2.45) is 0 Å². The summed E-state index contributed by atoms with van der Waals surface area (Å²) in [6.45, 7) is 2.93. The van der Waals surface area contributed by atoms with Gasteiger partial charge in [-0.1, -0.05) is 18.7 Å². The Hall–Kier alpha value is -1.89. The van der Waals surface area contributed by atoms with Crippen LogP contribution in [0.5, 0.6) is 0 Å². The summed E-state index contributed by atoms with van der Waals surface area (Å²) >= 11 is 1.42. The summed E-state index contributed by atoms with van der Waals surface area (Å²) in [5, 5.41) is 9.27. The maximum Gasteiger partial charge on any atom is 0.232 e. The number of hydrogen-bond donors (Lipinski definition) is 0. The van der Waals surface area contributed by atoms with E-state index in [4.69, 9.17) is 0 Å². The summed E-state index contributed by atoms with van der Waals surface area (Å²) in [6, 6.07) is 3.82. The molecule has 0 saturated heterocycles. The second-order valence-corrected chi connectivity index (χ2v) is 5.71. The number of carbonyl (C=O) groups is 1. The van der Waals surface area contributed by atoms with Crippen molar-refractivity contribution in [1.29, 1.82) is 0 Å². The van der Waals surface area contributed by atoms with Crippen molar-refractivity contribution in [1.82, 2.24) is 24.6 Å². The Morgan fingerprint density at radius 3 is 2.62 bits per heavy atom. The molecule has 0 atom stereocenters. The molecule has 0 bridgehead atoms.